The molecular weight excluding hydrogens is 272 g/mol. The highest BCUT2D eigenvalue weighted by Gasteiger charge is 2.37. The zero-order valence-corrected chi connectivity index (χ0v) is 13.3. The Labute approximate surface area is 133 Å². The number of benzene rings is 1. The Hall–Kier alpha value is -1.61. The van der Waals surface area contributed by atoms with Crippen LogP contribution >= 0.6 is 0 Å². The van der Waals surface area contributed by atoms with Crippen LogP contribution in [0.1, 0.15) is 44.6 Å². The second-order valence-corrected chi connectivity index (χ2v) is 6.73. The lowest BCUT2D eigenvalue weighted by Crippen LogP contribution is -2.43. The standard InChI is InChI=1S/C19H26N2O/c1-14(11-15-7-3-2-4-8-15)13-20-19(22)18-12-16-9-5-6-10-17(16)21-18/h2-4,7-8,11,16-18,21H,5-6,9-10,12-13H2,1H3,(H,20,22)/t16?,17?,18-/m0/s1. The van der Waals surface area contributed by atoms with Gasteiger partial charge in [-0.05, 0) is 37.7 Å². The molecule has 2 aliphatic rings. The fourth-order valence-corrected chi connectivity index (χ4v) is 3.76. The molecule has 3 heteroatoms. The highest BCUT2D eigenvalue weighted by atomic mass is 16.2. The maximum Gasteiger partial charge on any atom is 0.237 e. The van der Waals surface area contributed by atoms with Crippen molar-refractivity contribution in [2.24, 2.45) is 5.92 Å². The largest absolute Gasteiger partial charge is 0.351 e. The van der Waals surface area contributed by atoms with Crippen LogP contribution < -0.4 is 10.6 Å². The van der Waals surface area contributed by atoms with E-state index in [-0.39, 0.29) is 11.9 Å². The van der Waals surface area contributed by atoms with Crippen molar-refractivity contribution in [2.75, 3.05) is 6.54 Å². The fourth-order valence-electron chi connectivity index (χ4n) is 3.76. The van der Waals surface area contributed by atoms with Gasteiger partial charge < -0.3 is 10.6 Å². The molecule has 0 aromatic heterocycles. The molecule has 3 nitrogen and oxygen atoms in total. The molecule has 1 aromatic carbocycles. The van der Waals surface area contributed by atoms with Crippen molar-refractivity contribution in [3.63, 3.8) is 0 Å². The summed E-state index contributed by atoms with van der Waals surface area (Å²) in [5.41, 5.74) is 2.36. The molecule has 3 atom stereocenters. The molecule has 0 bridgehead atoms. The smallest absolute Gasteiger partial charge is 0.237 e. The summed E-state index contributed by atoms with van der Waals surface area (Å²) in [6, 6.07) is 10.8. The second kappa shape index (κ2) is 7.10. The number of carbonyl (C=O) groups is 1. The number of nitrogens with one attached hydrogen (secondary N) is 2. The number of fused-ring (bicyclic) bond motifs is 1. The third-order valence-corrected chi connectivity index (χ3v) is 4.93. The maximum absolute atomic E-state index is 12.3. The molecule has 2 N–H and O–H groups in total. The highest BCUT2D eigenvalue weighted by molar-refractivity contribution is 5.82. The van der Waals surface area contributed by atoms with Gasteiger partial charge in [-0.2, -0.15) is 0 Å². The molecule has 2 fully saturated rings. The summed E-state index contributed by atoms with van der Waals surface area (Å²) >= 11 is 0. The molecule has 0 radical (unpaired) electrons. The Bertz CT molecular complexity index is 524. The van der Waals surface area contributed by atoms with Crippen molar-refractivity contribution in [1.82, 2.24) is 10.6 Å². The van der Waals surface area contributed by atoms with Crippen LogP contribution in [-0.4, -0.2) is 24.5 Å². The minimum Gasteiger partial charge on any atom is -0.351 e. The van der Waals surface area contributed by atoms with Crippen LogP contribution in [0.5, 0.6) is 0 Å². The molecule has 1 heterocycles. The molecule has 1 aliphatic heterocycles. The van der Waals surface area contributed by atoms with Gasteiger partial charge >= 0.3 is 0 Å². The predicted molar refractivity (Wildman–Crippen MR) is 90.4 cm³/mol. The van der Waals surface area contributed by atoms with Crippen LogP contribution in [-0.2, 0) is 4.79 Å². The number of hydrogen-bond acceptors (Lipinski definition) is 2. The molecule has 22 heavy (non-hydrogen) atoms. The third kappa shape index (κ3) is 3.77. The van der Waals surface area contributed by atoms with E-state index >= 15 is 0 Å². The summed E-state index contributed by atoms with van der Waals surface area (Å²) in [6.45, 7) is 2.69. The Morgan fingerprint density at radius 3 is 2.82 bits per heavy atom. The molecule has 1 aromatic rings. The Morgan fingerprint density at radius 1 is 1.27 bits per heavy atom. The van der Waals surface area contributed by atoms with Crippen LogP contribution in [0.15, 0.2) is 35.9 Å². The minimum absolute atomic E-state index is 0.0117. The summed E-state index contributed by atoms with van der Waals surface area (Å²) in [6.07, 6.45) is 8.30. The lowest BCUT2D eigenvalue weighted by Gasteiger charge is -2.24. The maximum atomic E-state index is 12.3. The van der Waals surface area contributed by atoms with E-state index in [2.05, 4.69) is 35.8 Å². The van der Waals surface area contributed by atoms with Gasteiger partial charge in [-0.1, -0.05) is 54.8 Å². The summed E-state index contributed by atoms with van der Waals surface area (Å²) in [5, 5.41) is 6.62. The van der Waals surface area contributed by atoms with Gasteiger partial charge in [-0.3, -0.25) is 4.79 Å². The normalized spacial score (nSPS) is 28.2. The zero-order chi connectivity index (χ0) is 15.4. The third-order valence-electron chi connectivity index (χ3n) is 4.93. The molecular formula is C19H26N2O. The molecule has 1 amide bonds. The Balaban J connectivity index is 1.49. The van der Waals surface area contributed by atoms with E-state index in [0.29, 0.717) is 18.5 Å². The van der Waals surface area contributed by atoms with E-state index in [4.69, 9.17) is 0 Å². The first-order valence-corrected chi connectivity index (χ1v) is 8.48. The first-order chi connectivity index (χ1) is 10.7. The SMILES string of the molecule is CC(=Cc1ccccc1)CNC(=O)[C@@H]1CC2CCCCC2N1. The quantitative estimate of drug-likeness (QED) is 0.896. The van der Waals surface area contributed by atoms with Gasteiger partial charge in [0.1, 0.15) is 0 Å². The van der Waals surface area contributed by atoms with Crippen LogP contribution in [0.4, 0.5) is 0 Å². The van der Waals surface area contributed by atoms with Crippen molar-refractivity contribution in [2.45, 2.75) is 51.1 Å². The lowest BCUT2D eigenvalue weighted by atomic mass is 9.85. The average molecular weight is 298 g/mol. The molecule has 1 saturated carbocycles. The van der Waals surface area contributed by atoms with Gasteiger partial charge in [0.15, 0.2) is 0 Å². The second-order valence-electron chi connectivity index (χ2n) is 6.73. The summed E-state index contributed by atoms with van der Waals surface area (Å²) in [5.74, 6) is 0.876. The highest BCUT2D eigenvalue weighted by Crippen LogP contribution is 2.33. The summed E-state index contributed by atoms with van der Waals surface area (Å²) < 4.78 is 0. The van der Waals surface area contributed by atoms with Gasteiger partial charge in [0.25, 0.3) is 0 Å². The van der Waals surface area contributed by atoms with Crippen LogP contribution in [0, 0.1) is 5.92 Å². The first kappa shape index (κ1) is 15.3. The van der Waals surface area contributed by atoms with Gasteiger partial charge in [-0.15, -0.1) is 0 Å². The van der Waals surface area contributed by atoms with E-state index in [1.54, 1.807) is 0 Å². The molecule has 1 saturated heterocycles. The van der Waals surface area contributed by atoms with Crippen molar-refractivity contribution < 1.29 is 4.79 Å². The molecule has 2 unspecified atom stereocenters. The molecule has 118 valence electrons. The van der Waals surface area contributed by atoms with Crippen LogP contribution in [0.2, 0.25) is 0 Å². The van der Waals surface area contributed by atoms with Crippen molar-refractivity contribution in [3.05, 3.63) is 41.5 Å². The Kier molecular flexibility index (Phi) is 4.94. The number of rotatable bonds is 4. The number of carbonyl (C=O) groups excluding carboxylic acids is 1. The molecule has 3 rings (SSSR count). The fraction of sp³-hybridized carbons (Fsp3) is 0.526. The predicted octanol–water partition coefficient (Wildman–Crippen LogP) is 3.13. The van der Waals surface area contributed by atoms with E-state index in [9.17, 15) is 4.79 Å². The lowest BCUT2D eigenvalue weighted by molar-refractivity contribution is -0.122. The van der Waals surface area contributed by atoms with Crippen molar-refractivity contribution >= 4 is 12.0 Å². The van der Waals surface area contributed by atoms with Gasteiger partial charge in [0.05, 0.1) is 6.04 Å². The minimum atomic E-state index is 0.0117. The topological polar surface area (TPSA) is 41.1 Å². The zero-order valence-electron chi connectivity index (χ0n) is 13.3. The van der Waals surface area contributed by atoms with Crippen molar-refractivity contribution in [3.8, 4) is 0 Å². The van der Waals surface area contributed by atoms with Crippen LogP contribution in [0.3, 0.4) is 0 Å². The van der Waals surface area contributed by atoms with Gasteiger partial charge in [0.2, 0.25) is 5.91 Å². The average Bonchev–Trinajstić information content (AvgIpc) is 2.98. The molecule has 0 spiro atoms. The van der Waals surface area contributed by atoms with Crippen LogP contribution in [0.25, 0.3) is 6.08 Å². The Morgan fingerprint density at radius 2 is 2.05 bits per heavy atom. The first-order valence-electron chi connectivity index (χ1n) is 8.48. The van der Waals surface area contributed by atoms with Gasteiger partial charge in [0, 0.05) is 12.6 Å². The summed E-state index contributed by atoms with van der Waals surface area (Å²) in [7, 11) is 0. The van der Waals surface area contributed by atoms with E-state index in [1.165, 1.54) is 36.8 Å². The summed E-state index contributed by atoms with van der Waals surface area (Å²) in [4.78, 5) is 12.3. The van der Waals surface area contributed by atoms with E-state index in [0.717, 1.165) is 6.42 Å². The monoisotopic (exact) mass is 298 g/mol. The van der Waals surface area contributed by atoms with Crippen molar-refractivity contribution in [1.29, 1.82) is 0 Å². The number of hydrogen-bond donors (Lipinski definition) is 2. The van der Waals surface area contributed by atoms with Gasteiger partial charge in [-0.25, -0.2) is 0 Å². The number of amides is 1. The molecule has 1 aliphatic carbocycles. The van der Waals surface area contributed by atoms with E-state index < -0.39 is 0 Å². The van der Waals surface area contributed by atoms with E-state index in [1.807, 2.05) is 18.2 Å².